The molecular formula is C23H25NO5. The molecule has 152 valence electrons. The SMILES string of the molecule is CCOc1ccc(/C=C/C(=O)OCC(=O)Nc2ccc3c(c2)CCC3)cc1OC. The van der Waals surface area contributed by atoms with Crippen molar-refractivity contribution in [3.05, 3.63) is 59.2 Å². The maximum Gasteiger partial charge on any atom is 0.331 e. The molecule has 0 radical (unpaired) electrons. The third-order valence-corrected chi connectivity index (χ3v) is 4.63. The molecular weight excluding hydrogens is 370 g/mol. The van der Waals surface area contributed by atoms with Gasteiger partial charge in [0.2, 0.25) is 0 Å². The van der Waals surface area contributed by atoms with Gasteiger partial charge in [-0.05, 0) is 73.2 Å². The van der Waals surface area contributed by atoms with Crippen LogP contribution < -0.4 is 14.8 Å². The summed E-state index contributed by atoms with van der Waals surface area (Å²) in [4.78, 5) is 23.9. The number of ether oxygens (including phenoxy) is 3. The summed E-state index contributed by atoms with van der Waals surface area (Å²) in [5.74, 6) is 0.253. The molecule has 1 aliphatic rings. The van der Waals surface area contributed by atoms with E-state index in [0.29, 0.717) is 18.1 Å². The van der Waals surface area contributed by atoms with Gasteiger partial charge in [0.15, 0.2) is 18.1 Å². The Morgan fingerprint density at radius 2 is 1.90 bits per heavy atom. The quantitative estimate of drug-likeness (QED) is 0.544. The molecule has 0 aliphatic heterocycles. The molecule has 2 aromatic rings. The fraction of sp³-hybridized carbons (Fsp3) is 0.304. The van der Waals surface area contributed by atoms with Crippen molar-refractivity contribution in [1.82, 2.24) is 0 Å². The van der Waals surface area contributed by atoms with Crippen LogP contribution in [-0.4, -0.2) is 32.2 Å². The van der Waals surface area contributed by atoms with E-state index in [0.717, 1.165) is 30.5 Å². The Morgan fingerprint density at radius 1 is 1.07 bits per heavy atom. The first-order valence-corrected chi connectivity index (χ1v) is 9.66. The Hall–Kier alpha value is -3.28. The number of aryl methyl sites for hydroxylation is 2. The standard InChI is InChI=1S/C23H25NO5/c1-3-28-20-11-7-16(13-21(20)27-2)8-12-23(26)29-15-22(25)24-19-10-9-17-5-4-6-18(17)14-19/h7-14H,3-6,15H2,1-2H3,(H,24,25)/b12-8+. The number of nitrogens with one attached hydrogen (secondary N) is 1. The van der Waals surface area contributed by atoms with Gasteiger partial charge in [0.25, 0.3) is 5.91 Å². The van der Waals surface area contributed by atoms with Gasteiger partial charge in [-0.1, -0.05) is 12.1 Å². The second kappa shape index (κ2) is 9.78. The average Bonchev–Trinajstić information content (AvgIpc) is 3.19. The van der Waals surface area contributed by atoms with Crippen LogP contribution in [0.3, 0.4) is 0 Å². The molecule has 0 atom stereocenters. The first-order chi connectivity index (χ1) is 14.1. The van der Waals surface area contributed by atoms with Crippen LogP contribution >= 0.6 is 0 Å². The molecule has 6 heteroatoms. The monoisotopic (exact) mass is 395 g/mol. The van der Waals surface area contributed by atoms with Crippen LogP contribution in [-0.2, 0) is 27.2 Å². The fourth-order valence-corrected chi connectivity index (χ4v) is 3.26. The van der Waals surface area contributed by atoms with Crippen LogP contribution in [0.5, 0.6) is 11.5 Å². The van der Waals surface area contributed by atoms with Crippen molar-refractivity contribution in [1.29, 1.82) is 0 Å². The second-order valence-electron chi connectivity index (χ2n) is 6.67. The third kappa shape index (κ3) is 5.60. The van der Waals surface area contributed by atoms with Gasteiger partial charge in [-0.3, -0.25) is 4.79 Å². The van der Waals surface area contributed by atoms with E-state index in [-0.39, 0.29) is 12.5 Å². The Kier molecular flexibility index (Phi) is 6.89. The number of hydrogen-bond donors (Lipinski definition) is 1. The molecule has 0 heterocycles. The van der Waals surface area contributed by atoms with E-state index >= 15 is 0 Å². The minimum absolute atomic E-state index is 0.340. The van der Waals surface area contributed by atoms with Gasteiger partial charge in [0.05, 0.1) is 13.7 Å². The first kappa shape index (κ1) is 20.5. The normalized spacial score (nSPS) is 12.5. The van der Waals surface area contributed by atoms with E-state index in [4.69, 9.17) is 14.2 Å². The van der Waals surface area contributed by atoms with Crippen molar-refractivity contribution in [2.45, 2.75) is 26.2 Å². The van der Waals surface area contributed by atoms with Gasteiger partial charge >= 0.3 is 5.97 Å². The topological polar surface area (TPSA) is 73.9 Å². The molecule has 0 saturated carbocycles. The van der Waals surface area contributed by atoms with Crippen LogP contribution in [0, 0.1) is 0 Å². The first-order valence-electron chi connectivity index (χ1n) is 9.66. The molecule has 1 N–H and O–H groups in total. The Bertz CT molecular complexity index is 919. The molecule has 0 spiro atoms. The summed E-state index contributed by atoms with van der Waals surface area (Å²) in [6.45, 7) is 2.09. The predicted octanol–water partition coefficient (Wildman–Crippen LogP) is 3.78. The molecule has 2 aromatic carbocycles. The lowest BCUT2D eigenvalue weighted by molar-refractivity contribution is -0.142. The summed E-state index contributed by atoms with van der Waals surface area (Å²) in [7, 11) is 1.55. The Morgan fingerprint density at radius 3 is 2.69 bits per heavy atom. The predicted molar refractivity (Wildman–Crippen MR) is 111 cm³/mol. The van der Waals surface area contributed by atoms with Gasteiger partial charge in [0.1, 0.15) is 0 Å². The van der Waals surface area contributed by atoms with E-state index in [1.165, 1.54) is 17.2 Å². The highest BCUT2D eigenvalue weighted by Gasteiger charge is 2.12. The number of esters is 1. The number of anilines is 1. The van der Waals surface area contributed by atoms with Crippen LogP contribution in [0.4, 0.5) is 5.69 Å². The molecule has 0 aromatic heterocycles. The highest BCUT2D eigenvalue weighted by Crippen LogP contribution is 2.28. The largest absolute Gasteiger partial charge is 0.493 e. The minimum Gasteiger partial charge on any atom is -0.493 e. The number of carbonyl (C=O) groups excluding carboxylic acids is 2. The van der Waals surface area contributed by atoms with Crippen molar-refractivity contribution in [3.8, 4) is 11.5 Å². The van der Waals surface area contributed by atoms with Gasteiger partial charge in [-0.25, -0.2) is 4.79 Å². The van der Waals surface area contributed by atoms with Gasteiger partial charge in [-0.2, -0.15) is 0 Å². The second-order valence-corrected chi connectivity index (χ2v) is 6.67. The summed E-state index contributed by atoms with van der Waals surface area (Å²) < 4.78 is 15.8. The number of rotatable bonds is 8. The summed E-state index contributed by atoms with van der Waals surface area (Å²) >= 11 is 0. The lowest BCUT2D eigenvalue weighted by Crippen LogP contribution is -2.20. The van der Waals surface area contributed by atoms with Crippen LogP contribution in [0.2, 0.25) is 0 Å². The highest BCUT2D eigenvalue weighted by atomic mass is 16.5. The number of hydrogen-bond acceptors (Lipinski definition) is 5. The summed E-state index contributed by atoms with van der Waals surface area (Å²) in [5.41, 5.74) is 4.09. The van der Waals surface area contributed by atoms with Crippen LogP contribution in [0.25, 0.3) is 6.08 Å². The molecule has 1 aliphatic carbocycles. The average molecular weight is 395 g/mol. The van der Waals surface area contributed by atoms with E-state index in [1.54, 1.807) is 31.4 Å². The lowest BCUT2D eigenvalue weighted by atomic mass is 10.1. The molecule has 0 saturated heterocycles. The Labute approximate surface area is 170 Å². The summed E-state index contributed by atoms with van der Waals surface area (Å²) in [5, 5.41) is 2.76. The van der Waals surface area contributed by atoms with E-state index in [9.17, 15) is 9.59 Å². The molecule has 1 amide bonds. The van der Waals surface area contributed by atoms with E-state index < -0.39 is 5.97 Å². The molecule has 0 fully saturated rings. The Balaban J connectivity index is 1.49. The fourth-order valence-electron chi connectivity index (χ4n) is 3.26. The number of methoxy groups -OCH3 is 1. The summed E-state index contributed by atoms with van der Waals surface area (Å²) in [6.07, 6.45) is 6.15. The number of fused-ring (bicyclic) bond motifs is 1. The smallest absolute Gasteiger partial charge is 0.331 e. The zero-order valence-electron chi connectivity index (χ0n) is 16.7. The summed E-state index contributed by atoms with van der Waals surface area (Å²) in [6, 6.07) is 11.2. The molecule has 6 nitrogen and oxygen atoms in total. The molecule has 3 rings (SSSR count). The van der Waals surface area contributed by atoms with Gasteiger partial charge in [-0.15, -0.1) is 0 Å². The van der Waals surface area contributed by atoms with Gasteiger partial charge < -0.3 is 19.5 Å². The van der Waals surface area contributed by atoms with Crippen molar-refractivity contribution in [2.75, 3.05) is 25.6 Å². The minimum atomic E-state index is -0.595. The van der Waals surface area contributed by atoms with Crippen LogP contribution in [0.1, 0.15) is 30.0 Å². The van der Waals surface area contributed by atoms with Crippen LogP contribution in [0.15, 0.2) is 42.5 Å². The maximum absolute atomic E-state index is 12.0. The zero-order valence-corrected chi connectivity index (χ0v) is 16.7. The molecule has 29 heavy (non-hydrogen) atoms. The maximum atomic E-state index is 12.0. The highest BCUT2D eigenvalue weighted by molar-refractivity contribution is 5.94. The zero-order chi connectivity index (χ0) is 20.6. The lowest BCUT2D eigenvalue weighted by Gasteiger charge is -2.09. The van der Waals surface area contributed by atoms with Gasteiger partial charge in [0, 0.05) is 11.8 Å². The van der Waals surface area contributed by atoms with E-state index in [2.05, 4.69) is 5.32 Å². The molecule has 0 unspecified atom stereocenters. The van der Waals surface area contributed by atoms with Crippen molar-refractivity contribution in [2.24, 2.45) is 0 Å². The number of carbonyl (C=O) groups is 2. The van der Waals surface area contributed by atoms with Crippen molar-refractivity contribution < 1.29 is 23.8 Å². The number of benzene rings is 2. The third-order valence-electron chi connectivity index (χ3n) is 4.63. The molecule has 0 bridgehead atoms. The van der Waals surface area contributed by atoms with E-state index in [1.807, 2.05) is 25.1 Å². The number of amides is 1. The van der Waals surface area contributed by atoms with Crippen molar-refractivity contribution >= 4 is 23.6 Å². The van der Waals surface area contributed by atoms with Crippen molar-refractivity contribution in [3.63, 3.8) is 0 Å².